The third kappa shape index (κ3) is 16.1. The quantitative estimate of drug-likeness (QED) is 0.133. The Morgan fingerprint density at radius 3 is 2.21 bits per heavy atom. The van der Waals surface area contributed by atoms with Gasteiger partial charge in [-0.2, -0.15) is 0 Å². The molecular formula is C60H93NO15. The molecule has 1 aliphatic carbocycles. The number of fused-ring (bicyclic) bond motifs is 3. The number of ketones is 2. The molecule has 4 fully saturated rings. The molecule has 5 aliphatic rings. The number of hydrogen-bond donors (Lipinski definition) is 2. The normalized spacial score (nSPS) is 38.8. The zero-order chi connectivity index (χ0) is 56.3. The maximum atomic E-state index is 14.6. The van der Waals surface area contributed by atoms with Crippen molar-refractivity contribution in [2.75, 3.05) is 41.1 Å². The molecule has 0 aromatic carbocycles. The molecule has 16 heteroatoms. The van der Waals surface area contributed by atoms with Crippen LogP contribution in [-0.4, -0.2) is 146 Å². The van der Waals surface area contributed by atoms with Crippen molar-refractivity contribution in [3.63, 3.8) is 0 Å². The number of ether oxygens (including phenoxy) is 8. The van der Waals surface area contributed by atoms with E-state index >= 15 is 0 Å². The van der Waals surface area contributed by atoms with Crippen LogP contribution in [0.15, 0.2) is 59.8 Å². The zero-order valence-corrected chi connectivity index (χ0v) is 48.0. The van der Waals surface area contributed by atoms with Crippen LogP contribution in [0.2, 0.25) is 0 Å². The number of esters is 2. The summed E-state index contributed by atoms with van der Waals surface area (Å²) in [5.41, 5.74) is 1.18. The number of aliphatic hydroxyl groups excluding tert-OH is 1. The number of amides is 1. The van der Waals surface area contributed by atoms with Gasteiger partial charge in [0.25, 0.3) is 11.7 Å². The van der Waals surface area contributed by atoms with Crippen LogP contribution < -0.4 is 0 Å². The van der Waals surface area contributed by atoms with Crippen molar-refractivity contribution in [2.24, 2.45) is 40.9 Å². The summed E-state index contributed by atoms with van der Waals surface area (Å²) in [7, 11) is 4.71. The van der Waals surface area contributed by atoms with Gasteiger partial charge < -0.3 is 53.0 Å². The van der Waals surface area contributed by atoms with Crippen molar-refractivity contribution >= 4 is 29.4 Å². The van der Waals surface area contributed by atoms with Crippen molar-refractivity contribution in [3.05, 3.63) is 59.8 Å². The van der Waals surface area contributed by atoms with E-state index in [0.29, 0.717) is 63.4 Å². The molecule has 15 unspecified atom stereocenters. The molecule has 0 aromatic rings. The first kappa shape index (κ1) is 63.0. The minimum atomic E-state index is -2.44. The number of allylic oxidation sites excluding steroid dienone is 6. The fourth-order valence-electron chi connectivity index (χ4n) is 11.5. The topological polar surface area (TPSA) is 203 Å². The van der Waals surface area contributed by atoms with Crippen LogP contribution in [0.3, 0.4) is 0 Å². The highest BCUT2D eigenvalue weighted by atomic mass is 16.7. The second-order valence-corrected chi connectivity index (χ2v) is 23.7. The average Bonchev–Trinajstić information content (AvgIpc) is 3.38. The van der Waals surface area contributed by atoms with E-state index in [0.717, 1.165) is 17.6 Å². The van der Waals surface area contributed by atoms with Crippen LogP contribution in [0.1, 0.15) is 146 Å². The highest BCUT2D eigenvalue weighted by molar-refractivity contribution is 6.39. The zero-order valence-electron chi connectivity index (χ0n) is 48.0. The highest BCUT2D eigenvalue weighted by Gasteiger charge is 2.53. The van der Waals surface area contributed by atoms with Gasteiger partial charge >= 0.3 is 11.9 Å². The van der Waals surface area contributed by atoms with Crippen molar-refractivity contribution in [2.45, 2.75) is 207 Å². The molecule has 0 radical (unpaired) electrons. The van der Waals surface area contributed by atoms with Gasteiger partial charge in [0, 0.05) is 52.6 Å². The van der Waals surface area contributed by atoms with Gasteiger partial charge in [0.05, 0.1) is 31.5 Å². The number of piperidine rings is 1. The lowest BCUT2D eigenvalue weighted by Gasteiger charge is -2.43. The number of carbonyl (C=O) groups excluding carboxylic acids is 5. The summed E-state index contributed by atoms with van der Waals surface area (Å²) in [5, 5.41) is 23.8. The first-order valence-electron chi connectivity index (χ1n) is 27.9. The van der Waals surface area contributed by atoms with Gasteiger partial charge in [0.1, 0.15) is 41.7 Å². The van der Waals surface area contributed by atoms with E-state index in [-0.39, 0.29) is 62.1 Å². The fourth-order valence-corrected chi connectivity index (χ4v) is 11.5. The maximum absolute atomic E-state index is 14.6. The van der Waals surface area contributed by atoms with Gasteiger partial charge in [-0.05, 0) is 139 Å². The van der Waals surface area contributed by atoms with Gasteiger partial charge in [-0.3, -0.25) is 19.2 Å². The summed E-state index contributed by atoms with van der Waals surface area (Å²) in [6.07, 6.45) is 12.3. The highest BCUT2D eigenvalue weighted by Crippen LogP contribution is 2.39. The molecule has 3 saturated heterocycles. The predicted molar refractivity (Wildman–Crippen MR) is 287 cm³/mol. The number of cyclic esters (lactones) is 1. The first-order valence-corrected chi connectivity index (χ1v) is 27.9. The molecule has 2 N–H and O–H groups in total. The van der Waals surface area contributed by atoms with E-state index in [1.807, 2.05) is 38.2 Å². The van der Waals surface area contributed by atoms with E-state index in [4.69, 9.17) is 37.9 Å². The lowest BCUT2D eigenvalue weighted by molar-refractivity contribution is -0.283. The molecule has 16 nitrogen and oxygen atoms in total. The smallest absolute Gasteiger partial charge is 0.329 e. The molecule has 15 atom stereocenters. The Morgan fingerprint density at radius 1 is 0.855 bits per heavy atom. The minimum Gasteiger partial charge on any atom is -0.460 e. The fraction of sp³-hybridized carbons (Fsp3) is 0.750. The summed E-state index contributed by atoms with van der Waals surface area (Å²) in [6.45, 7) is 23.3. The standard InChI is InChI=1S/C60H93NO15/c1-36-20-16-15-17-21-37(2)49(69-12)32-45-25-23-42(7)60(68,76-45)54(64)55(65)61-27-19-18-22-46(61)56(66)74-50(33-47(62)39(4)29-41(6)52(63)53(71-14)43(8)38(3)28-36)40(5)30-44-24-26-48(51(31-44)70-13)75-57(67)59(11)34-72-58(9,10)73-35-59/h15-17,20-21,29,36,38-40,42,44-46,48-53,63,68H,8,18-19,22-28,30-35H2,1-7,9-14H3/b17-15+,20-16+,37-21+,41-29+. The largest absolute Gasteiger partial charge is 0.460 e. The Labute approximate surface area is 453 Å². The number of hydrogen-bond acceptors (Lipinski definition) is 15. The Hall–Kier alpha value is -3.87. The summed E-state index contributed by atoms with van der Waals surface area (Å²) in [5.74, 6) is -8.44. The Morgan fingerprint density at radius 2 is 1.55 bits per heavy atom. The van der Waals surface area contributed by atoms with Crippen LogP contribution >= 0.6 is 0 Å². The van der Waals surface area contributed by atoms with Crippen LogP contribution in [-0.2, 0) is 61.9 Å². The number of carbonyl (C=O) groups is 5. The number of nitrogens with zero attached hydrogens (tertiary/aromatic N) is 1. The molecule has 5 rings (SSSR count). The lowest BCUT2D eigenvalue weighted by atomic mass is 9.78. The summed E-state index contributed by atoms with van der Waals surface area (Å²) in [6, 6.07) is -1.16. The van der Waals surface area contributed by atoms with Crippen LogP contribution in [0, 0.1) is 40.9 Å². The molecular weight excluding hydrogens is 975 g/mol. The summed E-state index contributed by atoms with van der Waals surface area (Å²) >= 11 is 0. The second-order valence-electron chi connectivity index (χ2n) is 23.7. The van der Waals surface area contributed by atoms with Gasteiger partial charge in [-0.25, -0.2) is 4.79 Å². The Kier molecular flexibility index (Phi) is 23.1. The third-order valence-electron chi connectivity index (χ3n) is 16.9. The second kappa shape index (κ2) is 27.8. The average molecular weight is 1070 g/mol. The van der Waals surface area contributed by atoms with Gasteiger partial charge in [0.2, 0.25) is 5.79 Å². The van der Waals surface area contributed by atoms with E-state index in [2.05, 4.69) is 26.5 Å². The van der Waals surface area contributed by atoms with Crippen LogP contribution in [0.25, 0.3) is 0 Å². The molecule has 1 amide bonds. The molecule has 4 heterocycles. The lowest BCUT2D eigenvalue weighted by Crippen LogP contribution is -2.61. The first-order chi connectivity index (χ1) is 35.8. The van der Waals surface area contributed by atoms with E-state index < -0.39 is 101 Å². The van der Waals surface area contributed by atoms with Gasteiger partial charge in [0.15, 0.2) is 5.79 Å². The SMILES string of the molecule is C=C1C(C)CC(C)/C=C/C=C/C=C(\C)C(OC)CC2CCC(C)C(O)(O2)C(=O)C(=O)N2CCCCC2C(=O)OC(C(C)CC2CCC(OC(=O)C3(C)COC(C)(C)OC3)C(OC)C2)CC(=O)C(C)/C=C(\C)C(O)C1OC. The molecule has 4 aliphatic heterocycles. The van der Waals surface area contributed by atoms with E-state index in [1.165, 1.54) is 12.0 Å². The van der Waals surface area contributed by atoms with Gasteiger partial charge in [-0.15, -0.1) is 0 Å². The van der Waals surface area contributed by atoms with Crippen molar-refractivity contribution in [1.82, 2.24) is 4.90 Å². The molecule has 0 spiro atoms. The van der Waals surface area contributed by atoms with Crippen molar-refractivity contribution in [3.8, 4) is 0 Å². The Bertz CT molecular complexity index is 2140. The molecule has 76 heavy (non-hydrogen) atoms. The molecule has 2 bridgehead atoms. The summed E-state index contributed by atoms with van der Waals surface area (Å²) in [4.78, 5) is 72.6. The summed E-state index contributed by atoms with van der Waals surface area (Å²) < 4.78 is 48.0. The number of rotatable bonds is 8. The van der Waals surface area contributed by atoms with E-state index in [1.54, 1.807) is 61.8 Å². The van der Waals surface area contributed by atoms with Gasteiger partial charge in [-0.1, -0.05) is 77.7 Å². The molecule has 428 valence electrons. The predicted octanol–water partition coefficient (Wildman–Crippen LogP) is 8.51. The van der Waals surface area contributed by atoms with E-state index in [9.17, 15) is 34.2 Å². The van der Waals surface area contributed by atoms with Crippen LogP contribution in [0.4, 0.5) is 0 Å². The minimum absolute atomic E-state index is 0.0201. The maximum Gasteiger partial charge on any atom is 0.329 e. The third-order valence-corrected chi connectivity index (χ3v) is 16.9. The number of Topliss-reactive ketones (excluding diaryl/α,β-unsaturated/α-hetero) is 2. The van der Waals surface area contributed by atoms with Crippen molar-refractivity contribution < 1.29 is 72.1 Å². The van der Waals surface area contributed by atoms with Crippen molar-refractivity contribution in [1.29, 1.82) is 0 Å². The monoisotopic (exact) mass is 1070 g/mol. The van der Waals surface area contributed by atoms with Crippen LogP contribution in [0.5, 0.6) is 0 Å². The number of methoxy groups -OCH3 is 3. The molecule has 0 aromatic heterocycles. The molecule has 1 saturated carbocycles. The Balaban J connectivity index is 1.43. The number of aliphatic hydroxyl groups is 2.